The fourth-order valence-electron chi connectivity index (χ4n) is 1.67. The van der Waals surface area contributed by atoms with Crippen molar-refractivity contribution in [3.8, 4) is 11.5 Å². The summed E-state index contributed by atoms with van der Waals surface area (Å²) in [6.07, 6.45) is 1.69. The number of halogens is 1. The Morgan fingerprint density at radius 2 is 2.17 bits per heavy atom. The molecule has 96 valence electrons. The van der Waals surface area contributed by atoms with E-state index in [1.807, 2.05) is 7.05 Å². The van der Waals surface area contributed by atoms with Crippen molar-refractivity contribution in [3.05, 3.63) is 35.5 Å². The van der Waals surface area contributed by atoms with Gasteiger partial charge in [-0.2, -0.15) is 0 Å². The highest BCUT2D eigenvalue weighted by molar-refractivity contribution is 5.53. The van der Waals surface area contributed by atoms with Gasteiger partial charge < -0.3 is 9.73 Å². The number of nitrogens with one attached hydrogen (secondary N) is 1. The number of hydrogen-bond donors (Lipinski definition) is 1. The second-order valence-electron chi connectivity index (χ2n) is 4.17. The van der Waals surface area contributed by atoms with E-state index in [9.17, 15) is 4.39 Å². The highest BCUT2D eigenvalue weighted by Gasteiger charge is 2.09. The Kier molecular flexibility index (Phi) is 4.04. The minimum atomic E-state index is -0.229. The van der Waals surface area contributed by atoms with Gasteiger partial charge in [0.25, 0.3) is 0 Å². The number of nitrogens with zero attached hydrogens (tertiary/aromatic N) is 2. The van der Waals surface area contributed by atoms with E-state index < -0.39 is 0 Å². The maximum absolute atomic E-state index is 13.2. The molecule has 0 atom stereocenters. The summed E-state index contributed by atoms with van der Waals surface area (Å²) in [6.45, 7) is 2.62. The third kappa shape index (κ3) is 2.92. The molecule has 0 saturated carbocycles. The average Bonchev–Trinajstić information content (AvgIpc) is 2.82. The van der Waals surface area contributed by atoms with Crippen LogP contribution in [0.3, 0.4) is 0 Å². The Labute approximate surface area is 105 Å². The van der Waals surface area contributed by atoms with Crippen molar-refractivity contribution in [2.45, 2.75) is 19.8 Å². The molecule has 1 aromatic carbocycles. The van der Waals surface area contributed by atoms with Crippen molar-refractivity contribution in [2.24, 2.45) is 0 Å². The maximum atomic E-state index is 13.2. The molecule has 1 heterocycles. The van der Waals surface area contributed by atoms with E-state index in [-0.39, 0.29) is 5.82 Å². The molecule has 5 heteroatoms. The predicted molar refractivity (Wildman–Crippen MR) is 66.7 cm³/mol. The Balaban J connectivity index is 2.11. The zero-order valence-electron chi connectivity index (χ0n) is 10.5. The first-order valence-corrected chi connectivity index (χ1v) is 5.94. The van der Waals surface area contributed by atoms with Crippen molar-refractivity contribution in [3.63, 3.8) is 0 Å². The van der Waals surface area contributed by atoms with E-state index in [0.29, 0.717) is 17.3 Å². The second-order valence-corrected chi connectivity index (χ2v) is 4.17. The topological polar surface area (TPSA) is 51.0 Å². The first kappa shape index (κ1) is 12.7. The largest absolute Gasteiger partial charge is 0.421 e. The van der Waals surface area contributed by atoms with Crippen LogP contribution < -0.4 is 5.32 Å². The summed E-state index contributed by atoms with van der Waals surface area (Å²) in [4.78, 5) is 0. The summed E-state index contributed by atoms with van der Waals surface area (Å²) in [5, 5.41) is 11.0. The number of rotatable bonds is 5. The highest BCUT2D eigenvalue weighted by Crippen LogP contribution is 2.20. The van der Waals surface area contributed by atoms with Gasteiger partial charge >= 0.3 is 0 Å². The van der Waals surface area contributed by atoms with E-state index in [1.54, 1.807) is 19.1 Å². The third-order valence-electron chi connectivity index (χ3n) is 2.69. The van der Waals surface area contributed by atoms with E-state index in [0.717, 1.165) is 24.9 Å². The fraction of sp³-hybridized carbons (Fsp3) is 0.385. The van der Waals surface area contributed by atoms with Crippen LogP contribution in [0.1, 0.15) is 17.9 Å². The Morgan fingerprint density at radius 1 is 1.33 bits per heavy atom. The highest BCUT2D eigenvalue weighted by atomic mass is 19.1. The molecule has 0 amide bonds. The SMILES string of the molecule is CNCCCc1nnc(-c2ccc(F)c(C)c2)o1. The van der Waals surface area contributed by atoms with Crippen molar-refractivity contribution >= 4 is 0 Å². The summed E-state index contributed by atoms with van der Waals surface area (Å²) in [5.41, 5.74) is 1.32. The monoisotopic (exact) mass is 249 g/mol. The molecule has 0 unspecified atom stereocenters. The first-order valence-electron chi connectivity index (χ1n) is 5.94. The van der Waals surface area contributed by atoms with Gasteiger partial charge in [0.05, 0.1) is 0 Å². The van der Waals surface area contributed by atoms with Gasteiger partial charge in [-0.05, 0) is 50.7 Å². The van der Waals surface area contributed by atoms with E-state index in [1.165, 1.54) is 6.07 Å². The molecule has 0 aliphatic rings. The van der Waals surface area contributed by atoms with E-state index in [4.69, 9.17) is 4.42 Å². The first-order chi connectivity index (χ1) is 8.70. The van der Waals surface area contributed by atoms with Gasteiger partial charge in [0, 0.05) is 12.0 Å². The minimum Gasteiger partial charge on any atom is -0.421 e. The number of aryl methyl sites for hydroxylation is 2. The molecule has 0 aliphatic heterocycles. The van der Waals surface area contributed by atoms with Gasteiger partial charge in [0.15, 0.2) is 0 Å². The number of hydrogen-bond acceptors (Lipinski definition) is 4. The molecule has 0 aliphatic carbocycles. The second kappa shape index (κ2) is 5.73. The van der Waals surface area contributed by atoms with Crippen molar-refractivity contribution < 1.29 is 8.81 Å². The molecule has 0 radical (unpaired) electrons. The molecule has 0 saturated heterocycles. The molecule has 0 bridgehead atoms. The third-order valence-corrected chi connectivity index (χ3v) is 2.69. The van der Waals surface area contributed by atoms with Gasteiger partial charge in [-0.25, -0.2) is 4.39 Å². The minimum absolute atomic E-state index is 0.229. The van der Waals surface area contributed by atoms with Crippen LogP contribution in [0, 0.1) is 12.7 Å². The summed E-state index contributed by atoms with van der Waals surface area (Å²) in [7, 11) is 1.90. The molecule has 1 N–H and O–H groups in total. The molecule has 2 aromatic rings. The summed E-state index contributed by atoms with van der Waals surface area (Å²) < 4.78 is 18.7. The van der Waals surface area contributed by atoms with Gasteiger partial charge in [0.2, 0.25) is 11.8 Å². The van der Waals surface area contributed by atoms with Gasteiger partial charge in [0.1, 0.15) is 5.82 Å². The van der Waals surface area contributed by atoms with Crippen LogP contribution in [-0.2, 0) is 6.42 Å². The van der Waals surface area contributed by atoms with Crippen molar-refractivity contribution in [1.29, 1.82) is 0 Å². The van der Waals surface area contributed by atoms with Gasteiger partial charge in [-0.3, -0.25) is 0 Å². The molecule has 1 aromatic heterocycles. The lowest BCUT2D eigenvalue weighted by Gasteiger charge is -1.98. The fourth-order valence-corrected chi connectivity index (χ4v) is 1.67. The Bertz CT molecular complexity index is 525. The molecule has 4 nitrogen and oxygen atoms in total. The smallest absolute Gasteiger partial charge is 0.247 e. The van der Waals surface area contributed by atoms with Crippen LogP contribution in [0.15, 0.2) is 22.6 Å². The van der Waals surface area contributed by atoms with Crippen molar-refractivity contribution in [2.75, 3.05) is 13.6 Å². The van der Waals surface area contributed by atoms with Crippen molar-refractivity contribution in [1.82, 2.24) is 15.5 Å². The molecular weight excluding hydrogens is 233 g/mol. The van der Waals surface area contributed by atoms with E-state index in [2.05, 4.69) is 15.5 Å². The molecule has 2 rings (SSSR count). The summed E-state index contributed by atoms with van der Waals surface area (Å²) >= 11 is 0. The van der Waals surface area contributed by atoms with Crippen LogP contribution in [0.4, 0.5) is 4.39 Å². The van der Waals surface area contributed by atoms with Gasteiger partial charge in [-0.1, -0.05) is 0 Å². The lowest BCUT2D eigenvalue weighted by atomic mass is 10.1. The normalized spacial score (nSPS) is 10.8. The van der Waals surface area contributed by atoms with E-state index >= 15 is 0 Å². The zero-order chi connectivity index (χ0) is 13.0. The average molecular weight is 249 g/mol. The Morgan fingerprint density at radius 3 is 2.89 bits per heavy atom. The number of benzene rings is 1. The lowest BCUT2D eigenvalue weighted by Crippen LogP contribution is -2.08. The van der Waals surface area contributed by atoms with Crippen LogP contribution in [0.25, 0.3) is 11.5 Å². The molecule has 0 spiro atoms. The molecule has 18 heavy (non-hydrogen) atoms. The molecule has 0 fully saturated rings. The standard InChI is InChI=1S/C13H16FN3O/c1-9-8-10(5-6-11(9)14)13-17-16-12(18-13)4-3-7-15-2/h5-6,8,15H,3-4,7H2,1-2H3. The van der Waals surface area contributed by atoms with Crippen LogP contribution in [-0.4, -0.2) is 23.8 Å². The molecular formula is C13H16FN3O. The lowest BCUT2D eigenvalue weighted by molar-refractivity contribution is 0.494. The summed E-state index contributed by atoms with van der Waals surface area (Å²) in [5.74, 6) is 0.826. The Hall–Kier alpha value is -1.75. The van der Waals surface area contributed by atoms with Crippen LogP contribution >= 0.6 is 0 Å². The summed E-state index contributed by atoms with van der Waals surface area (Å²) in [6, 6.07) is 4.77. The predicted octanol–water partition coefficient (Wildman–Crippen LogP) is 2.34. The zero-order valence-corrected chi connectivity index (χ0v) is 10.5. The number of aromatic nitrogens is 2. The quantitative estimate of drug-likeness (QED) is 0.826. The van der Waals surface area contributed by atoms with Crippen LogP contribution in [0.5, 0.6) is 0 Å². The van der Waals surface area contributed by atoms with Crippen LogP contribution in [0.2, 0.25) is 0 Å². The maximum Gasteiger partial charge on any atom is 0.247 e. The van der Waals surface area contributed by atoms with Gasteiger partial charge in [-0.15, -0.1) is 10.2 Å².